The Balaban J connectivity index is 2.14. The van der Waals surface area contributed by atoms with E-state index in [2.05, 4.69) is 15.6 Å². The number of carboxylic acids is 1. The molecular weight excluding hydrogens is 236 g/mol. The molecule has 1 aromatic heterocycles. The van der Waals surface area contributed by atoms with Crippen LogP contribution in [0.3, 0.4) is 0 Å². The van der Waals surface area contributed by atoms with E-state index in [1.165, 1.54) is 10.9 Å². The van der Waals surface area contributed by atoms with Crippen LogP contribution in [0.2, 0.25) is 0 Å². The minimum Gasteiger partial charge on any atom is -0.480 e. The van der Waals surface area contributed by atoms with Crippen LogP contribution in [0, 0.1) is 0 Å². The third-order valence-electron chi connectivity index (χ3n) is 3.30. The van der Waals surface area contributed by atoms with Crippen LogP contribution in [-0.2, 0) is 11.8 Å². The normalized spacial score (nSPS) is 18.3. The summed E-state index contributed by atoms with van der Waals surface area (Å²) in [6.07, 6.45) is 5.03. The van der Waals surface area contributed by atoms with Crippen molar-refractivity contribution in [2.24, 2.45) is 7.05 Å². The molecule has 0 bridgehead atoms. The van der Waals surface area contributed by atoms with Crippen LogP contribution in [-0.4, -0.2) is 37.5 Å². The monoisotopic (exact) mass is 252 g/mol. The number of rotatable bonds is 3. The number of amides is 1. The zero-order chi connectivity index (χ0) is 13.2. The molecule has 0 radical (unpaired) electrons. The summed E-state index contributed by atoms with van der Waals surface area (Å²) in [7, 11) is 1.65. The summed E-state index contributed by atoms with van der Waals surface area (Å²) >= 11 is 0. The zero-order valence-corrected chi connectivity index (χ0v) is 10.2. The molecule has 18 heavy (non-hydrogen) atoms. The van der Waals surface area contributed by atoms with Crippen molar-refractivity contribution in [1.82, 2.24) is 20.3 Å². The van der Waals surface area contributed by atoms with Crippen molar-refractivity contribution >= 4 is 11.9 Å². The molecule has 0 atom stereocenters. The largest absolute Gasteiger partial charge is 0.480 e. The van der Waals surface area contributed by atoms with E-state index in [-0.39, 0.29) is 5.69 Å². The predicted molar refractivity (Wildman–Crippen MR) is 61.9 cm³/mol. The Morgan fingerprint density at radius 3 is 2.56 bits per heavy atom. The Labute approximate surface area is 104 Å². The maximum Gasteiger partial charge on any atom is 0.329 e. The topological polar surface area (TPSA) is 97.1 Å². The molecular formula is C11H16N4O3. The fourth-order valence-corrected chi connectivity index (χ4v) is 2.28. The van der Waals surface area contributed by atoms with Crippen LogP contribution in [0.5, 0.6) is 0 Å². The molecule has 1 fully saturated rings. The third kappa shape index (κ3) is 2.34. The van der Waals surface area contributed by atoms with Crippen molar-refractivity contribution in [2.45, 2.75) is 37.6 Å². The average Bonchev–Trinajstić information content (AvgIpc) is 2.77. The Hall–Kier alpha value is -1.92. The van der Waals surface area contributed by atoms with E-state index in [1.807, 2.05) is 0 Å². The first-order valence-corrected chi connectivity index (χ1v) is 5.96. The second kappa shape index (κ2) is 4.75. The van der Waals surface area contributed by atoms with Gasteiger partial charge in [0.05, 0.1) is 6.20 Å². The standard InChI is InChI=1S/C11H16N4O3/c1-15-7-8(13-14-15)9(16)12-11(10(17)18)5-3-2-4-6-11/h7H,2-6H2,1H3,(H,12,16)(H,17,18). The number of aryl methyl sites for hydroxylation is 1. The van der Waals surface area contributed by atoms with E-state index in [0.29, 0.717) is 12.8 Å². The van der Waals surface area contributed by atoms with Gasteiger partial charge in [0.15, 0.2) is 5.69 Å². The van der Waals surface area contributed by atoms with Gasteiger partial charge in [-0.2, -0.15) is 0 Å². The van der Waals surface area contributed by atoms with Gasteiger partial charge in [-0.25, -0.2) is 4.79 Å². The number of carbonyl (C=O) groups excluding carboxylic acids is 1. The van der Waals surface area contributed by atoms with Crippen LogP contribution in [0.25, 0.3) is 0 Å². The van der Waals surface area contributed by atoms with Crippen LogP contribution >= 0.6 is 0 Å². The van der Waals surface area contributed by atoms with Crippen LogP contribution in [0.4, 0.5) is 0 Å². The van der Waals surface area contributed by atoms with Gasteiger partial charge in [-0.15, -0.1) is 5.10 Å². The SMILES string of the molecule is Cn1cc(C(=O)NC2(C(=O)O)CCCCC2)nn1. The lowest BCUT2D eigenvalue weighted by Gasteiger charge is -2.33. The maximum absolute atomic E-state index is 11.9. The summed E-state index contributed by atoms with van der Waals surface area (Å²) in [5.41, 5.74) is -1.00. The van der Waals surface area contributed by atoms with Crippen molar-refractivity contribution in [1.29, 1.82) is 0 Å². The molecule has 0 spiro atoms. The summed E-state index contributed by atoms with van der Waals surface area (Å²) in [5.74, 6) is -1.45. The molecule has 2 rings (SSSR count). The number of carboxylic acid groups (broad SMARTS) is 1. The number of aliphatic carboxylic acids is 1. The molecule has 1 aliphatic rings. The molecule has 1 aliphatic carbocycles. The highest BCUT2D eigenvalue weighted by Gasteiger charge is 2.41. The summed E-state index contributed by atoms with van der Waals surface area (Å²) in [5, 5.41) is 19.3. The lowest BCUT2D eigenvalue weighted by molar-refractivity contribution is -0.145. The van der Waals surface area contributed by atoms with Crippen LogP contribution < -0.4 is 5.32 Å². The first-order chi connectivity index (χ1) is 8.53. The molecule has 1 amide bonds. The molecule has 1 saturated carbocycles. The smallest absolute Gasteiger partial charge is 0.329 e. The van der Waals surface area contributed by atoms with Gasteiger partial charge in [0.2, 0.25) is 0 Å². The number of carbonyl (C=O) groups is 2. The lowest BCUT2D eigenvalue weighted by atomic mass is 9.81. The summed E-state index contributed by atoms with van der Waals surface area (Å²) in [6.45, 7) is 0. The molecule has 1 aromatic rings. The van der Waals surface area contributed by atoms with E-state index in [0.717, 1.165) is 19.3 Å². The zero-order valence-electron chi connectivity index (χ0n) is 10.2. The molecule has 1 heterocycles. The highest BCUT2D eigenvalue weighted by Crippen LogP contribution is 2.28. The molecule has 7 heteroatoms. The highest BCUT2D eigenvalue weighted by molar-refractivity contribution is 5.96. The van der Waals surface area contributed by atoms with Crippen LogP contribution in [0.15, 0.2) is 6.20 Å². The fraction of sp³-hybridized carbons (Fsp3) is 0.636. The number of nitrogens with one attached hydrogen (secondary N) is 1. The third-order valence-corrected chi connectivity index (χ3v) is 3.30. The number of hydrogen-bond acceptors (Lipinski definition) is 4. The van der Waals surface area contributed by atoms with Gasteiger partial charge in [0.1, 0.15) is 5.54 Å². The minimum atomic E-state index is -1.15. The van der Waals surface area contributed by atoms with Gasteiger partial charge in [-0.3, -0.25) is 9.48 Å². The number of hydrogen-bond donors (Lipinski definition) is 2. The highest BCUT2D eigenvalue weighted by atomic mass is 16.4. The van der Waals surface area contributed by atoms with Crippen molar-refractivity contribution in [2.75, 3.05) is 0 Å². The summed E-state index contributed by atoms with van der Waals surface area (Å²) in [4.78, 5) is 23.3. The van der Waals surface area contributed by atoms with Gasteiger partial charge in [0, 0.05) is 7.05 Å². The Kier molecular flexibility index (Phi) is 3.31. The van der Waals surface area contributed by atoms with Gasteiger partial charge in [0.25, 0.3) is 5.91 Å². The minimum absolute atomic E-state index is 0.142. The number of nitrogens with zero attached hydrogens (tertiary/aromatic N) is 3. The van der Waals surface area contributed by atoms with E-state index >= 15 is 0 Å². The van der Waals surface area contributed by atoms with Crippen molar-refractivity contribution in [3.8, 4) is 0 Å². The fourth-order valence-electron chi connectivity index (χ4n) is 2.28. The average molecular weight is 252 g/mol. The molecule has 2 N–H and O–H groups in total. The summed E-state index contributed by atoms with van der Waals surface area (Å²) in [6, 6.07) is 0. The molecule has 0 aliphatic heterocycles. The van der Waals surface area contributed by atoms with Gasteiger partial charge in [-0.1, -0.05) is 24.5 Å². The maximum atomic E-state index is 11.9. The first-order valence-electron chi connectivity index (χ1n) is 5.96. The van der Waals surface area contributed by atoms with Crippen molar-refractivity contribution < 1.29 is 14.7 Å². The molecule has 0 aromatic carbocycles. The van der Waals surface area contributed by atoms with Gasteiger partial charge in [-0.05, 0) is 12.8 Å². The quantitative estimate of drug-likeness (QED) is 0.808. The van der Waals surface area contributed by atoms with E-state index in [1.54, 1.807) is 7.05 Å². The predicted octanol–water partition coefficient (Wildman–Crippen LogP) is 0.332. The second-order valence-electron chi connectivity index (χ2n) is 4.68. The van der Waals surface area contributed by atoms with E-state index in [9.17, 15) is 14.7 Å². The number of aromatic nitrogens is 3. The van der Waals surface area contributed by atoms with Crippen LogP contribution in [0.1, 0.15) is 42.6 Å². The van der Waals surface area contributed by atoms with E-state index in [4.69, 9.17) is 0 Å². The first kappa shape index (κ1) is 12.5. The van der Waals surface area contributed by atoms with Crippen molar-refractivity contribution in [3.05, 3.63) is 11.9 Å². The molecule has 0 unspecified atom stereocenters. The van der Waals surface area contributed by atoms with Gasteiger partial charge >= 0.3 is 5.97 Å². The van der Waals surface area contributed by atoms with E-state index < -0.39 is 17.4 Å². The van der Waals surface area contributed by atoms with Gasteiger partial charge < -0.3 is 10.4 Å². The lowest BCUT2D eigenvalue weighted by Crippen LogP contribution is -2.55. The Morgan fingerprint density at radius 2 is 2.06 bits per heavy atom. The molecule has 98 valence electrons. The van der Waals surface area contributed by atoms with Crippen molar-refractivity contribution in [3.63, 3.8) is 0 Å². The molecule has 0 saturated heterocycles. The molecule has 7 nitrogen and oxygen atoms in total. The Bertz CT molecular complexity index is 463. The second-order valence-corrected chi connectivity index (χ2v) is 4.68. The summed E-state index contributed by atoms with van der Waals surface area (Å²) < 4.78 is 1.41. The Morgan fingerprint density at radius 1 is 1.39 bits per heavy atom.